The van der Waals surface area contributed by atoms with Crippen molar-refractivity contribution < 1.29 is 23.4 Å². The van der Waals surface area contributed by atoms with Crippen LogP contribution in [0.4, 0.5) is 4.79 Å². The Hall–Kier alpha value is -3.38. The maximum Gasteiger partial charge on any atom is 0.407 e. The molecule has 33 heavy (non-hydrogen) atoms. The topological polar surface area (TPSA) is 119 Å². The summed E-state index contributed by atoms with van der Waals surface area (Å²) in [4.78, 5) is 12.9. The Balaban J connectivity index is 1.66. The number of halogens is 1. The summed E-state index contributed by atoms with van der Waals surface area (Å²) < 4.78 is 25.5. The van der Waals surface area contributed by atoms with Crippen LogP contribution in [0, 0.1) is 11.3 Å². The molecule has 0 aromatic heterocycles. The number of carboxylic acid groups (broad SMARTS) is 1. The second-order valence-electron chi connectivity index (χ2n) is 7.33. The van der Waals surface area contributed by atoms with Crippen molar-refractivity contribution in [1.29, 1.82) is 5.26 Å². The van der Waals surface area contributed by atoms with E-state index in [1.54, 1.807) is 36.4 Å². The van der Waals surface area contributed by atoms with Crippen LogP contribution in [0.5, 0.6) is 0 Å². The first-order valence-corrected chi connectivity index (χ1v) is 11.8. The van der Waals surface area contributed by atoms with Crippen LogP contribution in [-0.2, 0) is 16.3 Å². The highest BCUT2D eigenvalue weighted by atomic mass is 35.5. The third kappa shape index (κ3) is 6.11. The van der Waals surface area contributed by atoms with Crippen molar-refractivity contribution in [2.24, 2.45) is 0 Å². The first-order chi connectivity index (χ1) is 15.7. The molecule has 0 bridgehead atoms. The molecule has 0 aliphatic rings. The van der Waals surface area contributed by atoms with Crippen LogP contribution < -0.4 is 0 Å². The van der Waals surface area contributed by atoms with Gasteiger partial charge in [0.2, 0.25) is 9.84 Å². The number of hydrogen-bond acceptors (Lipinski definition) is 5. The van der Waals surface area contributed by atoms with Crippen LogP contribution in [0.1, 0.15) is 22.8 Å². The van der Waals surface area contributed by atoms with E-state index in [0.717, 1.165) is 10.5 Å². The summed E-state index contributed by atoms with van der Waals surface area (Å²) >= 11 is 5.93. The summed E-state index contributed by atoms with van der Waals surface area (Å²) in [5, 5.41) is 29.2. The van der Waals surface area contributed by atoms with E-state index < -0.39 is 22.0 Å². The largest absolute Gasteiger partial charge is 0.465 e. The Morgan fingerprint density at radius 3 is 2.18 bits per heavy atom. The lowest BCUT2D eigenvalue weighted by atomic mass is 10.1. The van der Waals surface area contributed by atoms with Gasteiger partial charge in [-0.05, 0) is 66.1 Å². The van der Waals surface area contributed by atoms with Gasteiger partial charge in [-0.15, -0.1) is 0 Å². The van der Waals surface area contributed by atoms with Crippen LogP contribution in [0.25, 0.3) is 0 Å². The molecule has 0 heterocycles. The summed E-state index contributed by atoms with van der Waals surface area (Å²) in [5.74, 6) is 0. The Morgan fingerprint density at radius 1 is 1.03 bits per heavy atom. The average molecular weight is 485 g/mol. The molecular formula is C24H21ClN2O5S. The van der Waals surface area contributed by atoms with E-state index in [4.69, 9.17) is 16.9 Å². The summed E-state index contributed by atoms with van der Waals surface area (Å²) in [7, 11) is -3.73. The highest BCUT2D eigenvalue weighted by molar-refractivity contribution is 7.91. The molecule has 1 amide bonds. The molecule has 0 unspecified atom stereocenters. The number of aliphatic hydroxyl groups is 1. The van der Waals surface area contributed by atoms with E-state index in [1.807, 2.05) is 6.07 Å². The van der Waals surface area contributed by atoms with Crippen molar-refractivity contribution in [3.8, 4) is 6.07 Å². The molecule has 0 saturated carbocycles. The Labute approximate surface area is 197 Å². The van der Waals surface area contributed by atoms with Gasteiger partial charge in [0.25, 0.3) is 0 Å². The Morgan fingerprint density at radius 2 is 1.64 bits per heavy atom. The minimum absolute atomic E-state index is 0.0845. The third-order valence-corrected chi connectivity index (χ3v) is 7.12. The van der Waals surface area contributed by atoms with Gasteiger partial charge >= 0.3 is 6.09 Å². The number of aliphatic hydroxyl groups excluding tert-OH is 1. The molecule has 9 heteroatoms. The van der Waals surface area contributed by atoms with Crippen LogP contribution in [0.2, 0.25) is 5.02 Å². The second-order valence-corrected chi connectivity index (χ2v) is 9.72. The fraction of sp³-hybridized carbons (Fsp3) is 0.167. The SMILES string of the molecule is N#Cc1ccc(S(=O)(=O)c2ccc(CCN(C[C@H](O)c3cccc(Cl)c3)C(=O)O)cc2)cc1. The van der Waals surface area contributed by atoms with Gasteiger partial charge in [0, 0.05) is 11.6 Å². The van der Waals surface area contributed by atoms with E-state index in [2.05, 4.69) is 0 Å². The predicted molar refractivity (Wildman–Crippen MR) is 123 cm³/mol. The highest BCUT2D eigenvalue weighted by Gasteiger charge is 2.20. The summed E-state index contributed by atoms with van der Waals surface area (Å²) in [6.07, 6.45) is -1.86. The zero-order chi connectivity index (χ0) is 24.0. The number of amides is 1. The number of hydrogen-bond donors (Lipinski definition) is 2. The molecule has 0 radical (unpaired) electrons. The molecule has 1 atom stereocenters. The molecule has 7 nitrogen and oxygen atoms in total. The Bertz CT molecular complexity index is 1270. The molecule has 0 fully saturated rings. The van der Waals surface area contributed by atoms with Crippen LogP contribution in [0.15, 0.2) is 82.6 Å². The molecule has 3 rings (SSSR count). The van der Waals surface area contributed by atoms with Gasteiger partial charge in [0.05, 0.1) is 34.1 Å². The molecule has 2 N–H and O–H groups in total. The smallest absolute Gasteiger partial charge is 0.407 e. The van der Waals surface area contributed by atoms with Crippen molar-refractivity contribution in [1.82, 2.24) is 4.90 Å². The maximum absolute atomic E-state index is 12.8. The quantitative estimate of drug-likeness (QED) is 0.492. The van der Waals surface area contributed by atoms with Crippen molar-refractivity contribution in [2.75, 3.05) is 13.1 Å². The monoisotopic (exact) mass is 484 g/mol. The van der Waals surface area contributed by atoms with Gasteiger partial charge in [-0.2, -0.15) is 5.26 Å². The first kappa shape index (κ1) is 24.3. The molecule has 3 aromatic carbocycles. The lowest BCUT2D eigenvalue weighted by Crippen LogP contribution is -2.35. The van der Waals surface area contributed by atoms with Crippen molar-refractivity contribution in [3.05, 3.63) is 94.5 Å². The van der Waals surface area contributed by atoms with Crippen LogP contribution in [0.3, 0.4) is 0 Å². The minimum atomic E-state index is -3.73. The average Bonchev–Trinajstić information content (AvgIpc) is 2.81. The van der Waals surface area contributed by atoms with Gasteiger partial charge in [-0.1, -0.05) is 35.9 Å². The molecule has 0 spiro atoms. The molecule has 0 aliphatic carbocycles. The fourth-order valence-electron chi connectivity index (χ4n) is 3.24. The Kier molecular flexibility index (Phi) is 7.71. The number of carbonyl (C=O) groups is 1. The van der Waals surface area contributed by atoms with Gasteiger partial charge in [-0.25, -0.2) is 13.2 Å². The van der Waals surface area contributed by atoms with Gasteiger partial charge in [-0.3, -0.25) is 0 Å². The maximum atomic E-state index is 12.8. The number of benzene rings is 3. The van der Waals surface area contributed by atoms with E-state index in [9.17, 15) is 23.4 Å². The highest BCUT2D eigenvalue weighted by Crippen LogP contribution is 2.22. The van der Waals surface area contributed by atoms with Gasteiger partial charge in [0.1, 0.15) is 0 Å². The minimum Gasteiger partial charge on any atom is -0.465 e. The molecule has 3 aromatic rings. The molecule has 0 saturated heterocycles. The number of rotatable bonds is 8. The lowest BCUT2D eigenvalue weighted by molar-refractivity contribution is 0.0973. The zero-order valence-electron chi connectivity index (χ0n) is 17.4. The van der Waals surface area contributed by atoms with Crippen LogP contribution >= 0.6 is 11.6 Å². The molecule has 0 aliphatic heterocycles. The standard InChI is InChI=1S/C24H21ClN2O5S/c25-20-3-1-2-19(14-20)23(28)16-27(24(29)30)13-12-17-4-8-21(9-5-17)33(31,32)22-10-6-18(15-26)7-11-22/h1-11,14,23,28H,12-13,16H2,(H,29,30)/t23-/m0/s1. The van der Waals surface area contributed by atoms with E-state index in [0.29, 0.717) is 22.6 Å². The summed E-state index contributed by atoms with van der Waals surface area (Å²) in [5.41, 5.74) is 1.64. The van der Waals surface area contributed by atoms with Crippen molar-refractivity contribution in [3.63, 3.8) is 0 Å². The fourth-order valence-corrected chi connectivity index (χ4v) is 4.70. The van der Waals surface area contributed by atoms with Crippen molar-refractivity contribution >= 4 is 27.5 Å². The van der Waals surface area contributed by atoms with Crippen molar-refractivity contribution in [2.45, 2.75) is 22.3 Å². The first-order valence-electron chi connectivity index (χ1n) is 9.96. The lowest BCUT2D eigenvalue weighted by Gasteiger charge is -2.23. The number of nitriles is 1. The molecular weight excluding hydrogens is 464 g/mol. The van der Waals surface area contributed by atoms with Crippen LogP contribution in [-0.4, -0.2) is 42.7 Å². The zero-order valence-corrected chi connectivity index (χ0v) is 19.0. The molecule has 170 valence electrons. The number of nitrogens with zero attached hydrogens (tertiary/aromatic N) is 2. The van der Waals surface area contributed by atoms with Gasteiger partial charge in [0.15, 0.2) is 0 Å². The van der Waals surface area contributed by atoms with E-state index in [1.165, 1.54) is 36.4 Å². The van der Waals surface area contributed by atoms with Gasteiger partial charge < -0.3 is 15.1 Å². The van der Waals surface area contributed by atoms with E-state index in [-0.39, 0.29) is 22.9 Å². The van der Waals surface area contributed by atoms with E-state index >= 15 is 0 Å². The second kappa shape index (κ2) is 10.5. The number of sulfone groups is 1. The predicted octanol–water partition coefficient (Wildman–Crippen LogP) is 4.30. The summed E-state index contributed by atoms with van der Waals surface area (Å²) in [6, 6.07) is 20.4. The normalized spacial score (nSPS) is 12.0. The third-order valence-electron chi connectivity index (χ3n) is 5.10. The summed E-state index contributed by atoms with van der Waals surface area (Å²) in [6.45, 7) is -0.00446.